The van der Waals surface area contributed by atoms with Gasteiger partial charge in [0.25, 0.3) is 0 Å². The number of nitrogens with two attached hydrogens (primary N) is 1. The Bertz CT molecular complexity index is 940. The van der Waals surface area contributed by atoms with Crippen LogP contribution in [0.3, 0.4) is 0 Å². The number of benzene rings is 1. The van der Waals surface area contributed by atoms with E-state index in [9.17, 15) is 13.6 Å². The number of carbonyl (C=O) groups is 1. The van der Waals surface area contributed by atoms with Crippen molar-refractivity contribution in [1.82, 2.24) is 9.97 Å². The second kappa shape index (κ2) is 7.20. The molecule has 0 fully saturated rings. The number of rotatable bonds is 7. The first-order valence-corrected chi connectivity index (χ1v) is 8.61. The summed E-state index contributed by atoms with van der Waals surface area (Å²) in [4.78, 5) is 19.8. The van der Waals surface area contributed by atoms with Gasteiger partial charge in [-0.25, -0.2) is 18.7 Å². The Morgan fingerprint density at radius 2 is 2.15 bits per heavy atom. The molecule has 0 unspecified atom stereocenters. The highest BCUT2D eigenvalue weighted by Gasteiger charge is 2.21. The van der Waals surface area contributed by atoms with E-state index >= 15 is 0 Å². The van der Waals surface area contributed by atoms with E-state index in [0.717, 1.165) is 17.1 Å². The molecular formula is C17H16F2N4O2S. The Morgan fingerprint density at radius 3 is 2.88 bits per heavy atom. The third-order valence-corrected chi connectivity index (χ3v) is 4.47. The van der Waals surface area contributed by atoms with Crippen LogP contribution in [0.25, 0.3) is 10.2 Å². The molecule has 0 spiro atoms. The van der Waals surface area contributed by atoms with Crippen molar-refractivity contribution < 1.29 is 18.3 Å². The third kappa shape index (κ3) is 4.23. The fourth-order valence-electron chi connectivity index (χ4n) is 2.24. The van der Waals surface area contributed by atoms with Gasteiger partial charge in [-0.05, 0) is 36.6 Å². The lowest BCUT2D eigenvalue weighted by molar-refractivity contribution is 0.000904. The van der Waals surface area contributed by atoms with E-state index < -0.39 is 18.3 Å². The van der Waals surface area contributed by atoms with Crippen molar-refractivity contribution in [3.8, 4) is 5.75 Å². The molecule has 2 heterocycles. The van der Waals surface area contributed by atoms with E-state index in [1.807, 2.05) is 11.4 Å². The molecule has 136 valence electrons. The van der Waals surface area contributed by atoms with Crippen LogP contribution in [0.4, 0.5) is 20.3 Å². The van der Waals surface area contributed by atoms with E-state index in [1.54, 1.807) is 6.07 Å². The lowest BCUT2D eigenvalue weighted by Crippen LogP contribution is -2.16. The lowest BCUT2D eigenvalue weighted by Gasteiger charge is -2.16. The number of ether oxygens (including phenoxy) is 1. The number of hydrogen-bond donors (Lipinski definition) is 2. The predicted octanol–water partition coefficient (Wildman–Crippen LogP) is 3.96. The summed E-state index contributed by atoms with van der Waals surface area (Å²) in [5, 5.41) is 5.00. The number of halogens is 2. The Balaban J connectivity index is 1.89. The number of aromatic nitrogens is 2. The molecule has 3 aromatic rings. The molecule has 2 aromatic heterocycles. The molecule has 6 nitrogen and oxygen atoms in total. The van der Waals surface area contributed by atoms with Crippen molar-refractivity contribution in [2.45, 2.75) is 19.3 Å². The summed E-state index contributed by atoms with van der Waals surface area (Å²) in [6, 6.07) is 6.41. The molecule has 0 bridgehead atoms. The minimum Gasteiger partial charge on any atom is -0.491 e. The fourth-order valence-corrected chi connectivity index (χ4v) is 3.03. The maximum atomic E-state index is 13.0. The van der Waals surface area contributed by atoms with Crippen molar-refractivity contribution in [1.29, 1.82) is 0 Å². The Labute approximate surface area is 152 Å². The third-order valence-electron chi connectivity index (χ3n) is 3.56. The average Bonchev–Trinajstić information content (AvgIpc) is 3.04. The van der Waals surface area contributed by atoms with Gasteiger partial charge in [0.2, 0.25) is 11.8 Å². The maximum absolute atomic E-state index is 13.0. The smallest absolute Gasteiger partial charge is 0.248 e. The van der Waals surface area contributed by atoms with Gasteiger partial charge in [0.1, 0.15) is 12.1 Å². The highest BCUT2D eigenvalue weighted by atomic mass is 32.1. The normalized spacial score (nSPS) is 11.5. The van der Waals surface area contributed by atoms with Crippen LogP contribution < -0.4 is 15.8 Å². The summed E-state index contributed by atoms with van der Waals surface area (Å²) < 4.78 is 32.4. The first-order chi connectivity index (χ1) is 12.3. The van der Waals surface area contributed by atoms with Gasteiger partial charge in [-0.15, -0.1) is 11.3 Å². The van der Waals surface area contributed by atoms with E-state index in [0.29, 0.717) is 11.5 Å². The van der Waals surface area contributed by atoms with Gasteiger partial charge in [0.05, 0.1) is 22.5 Å². The molecule has 0 saturated carbocycles. The number of thiophene rings is 1. The second-order valence-electron chi connectivity index (χ2n) is 5.73. The molecule has 3 N–H and O–H groups in total. The zero-order chi connectivity index (χ0) is 18.7. The Hall–Kier alpha value is -2.81. The quantitative estimate of drug-likeness (QED) is 0.649. The molecule has 1 amide bonds. The highest BCUT2D eigenvalue weighted by Crippen LogP contribution is 2.33. The second-order valence-corrected chi connectivity index (χ2v) is 6.64. The zero-order valence-corrected chi connectivity index (χ0v) is 14.6. The molecule has 0 saturated heterocycles. The van der Waals surface area contributed by atoms with E-state index in [-0.39, 0.29) is 17.9 Å². The number of carbonyl (C=O) groups excluding carboxylic acids is 1. The standard InChI is InChI=1S/C17H16F2N4O2S/c1-17(18,19)5-6-25-13-8-10(15(20)24)2-3-11(13)23-16-14-12(4-7-26-14)21-9-22-16/h2-4,7-9H,5-6H2,1H3,(H2,20,24)(H,21,22,23). The maximum Gasteiger partial charge on any atom is 0.248 e. The predicted molar refractivity (Wildman–Crippen MR) is 96.4 cm³/mol. The van der Waals surface area contributed by atoms with Gasteiger partial charge in [-0.3, -0.25) is 4.79 Å². The van der Waals surface area contributed by atoms with Crippen LogP contribution in [0.2, 0.25) is 0 Å². The van der Waals surface area contributed by atoms with Gasteiger partial charge in [-0.2, -0.15) is 0 Å². The van der Waals surface area contributed by atoms with Crippen LogP contribution in [0.5, 0.6) is 5.75 Å². The van der Waals surface area contributed by atoms with Crippen molar-refractivity contribution in [3.63, 3.8) is 0 Å². The molecule has 0 aliphatic carbocycles. The largest absolute Gasteiger partial charge is 0.491 e. The van der Waals surface area contributed by atoms with Crippen LogP contribution in [-0.4, -0.2) is 28.4 Å². The minimum absolute atomic E-state index is 0.210. The molecule has 26 heavy (non-hydrogen) atoms. The summed E-state index contributed by atoms with van der Waals surface area (Å²) in [5.74, 6) is -2.67. The number of amides is 1. The summed E-state index contributed by atoms with van der Waals surface area (Å²) in [7, 11) is 0. The lowest BCUT2D eigenvalue weighted by atomic mass is 10.1. The van der Waals surface area contributed by atoms with Gasteiger partial charge in [-0.1, -0.05) is 0 Å². The van der Waals surface area contributed by atoms with Crippen molar-refractivity contribution in [3.05, 3.63) is 41.5 Å². The number of nitrogens with zero attached hydrogens (tertiary/aromatic N) is 2. The molecule has 9 heteroatoms. The number of hydrogen-bond acceptors (Lipinski definition) is 6. The summed E-state index contributed by atoms with van der Waals surface area (Å²) in [6.45, 7) is 0.613. The molecule has 0 radical (unpaired) electrons. The number of nitrogens with one attached hydrogen (secondary N) is 1. The van der Waals surface area contributed by atoms with E-state index in [2.05, 4.69) is 15.3 Å². The number of fused-ring (bicyclic) bond motifs is 1. The first-order valence-electron chi connectivity index (χ1n) is 7.73. The van der Waals surface area contributed by atoms with Gasteiger partial charge in [0.15, 0.2) is 5.82 Å². The summed E-state index contributed by atoms with van der Waals surface area (Å²) in [5.41, 5.74) is 6.79. The molecule has 0 atom stereocenters. The number of primary amides is 1. The van der Waals surface area contributed by atoms with Crippen LogP contribution >= 0.6 is 11.3 Å². The average molecular weight is 378 g/mol. The van der Waals surface area contributed by atoms with Gasteiger partial charge in [0, 0.05) is 12.0 Å². The highest BCUT2D eigenvalue weighted by molar-refractivity contribution is 7.17. The molecule has 1 aromatic carbocycles. The summed E-state index contributed by atoms with van der Waals surface area (Å²) in [6.07, 6.45) is 0.975. The Kier molecular flexibility index (Phi) is 4.99. The van der Waals surface area contributed by atoms with Crippen molar-refractivity contribution in [2.75, 3.05) is 11.9 Å². The molecular weight excluding hydrogens is 362 g/mol. The van der Waals surface area contributed by atoms with Gasteiger partial charge >= 0.3 is 0 Å². The number of alkyl halides is 2. The van der Waals surface area contributed by atoms with Gasteiger partial charge < -0.3 is 15.8 Å². The monoisotopic (exact) mass is 378 g/mol. The molecule has 0 aliphatic rings. The van der Waals surface area contributed by atoms with Crippen LogP contribution in [0.15, 0.2) is 36.0 Å². The topological polar surface area (TPSA) is 90.1 Å². The fraction of sp³-hybridized carbons (Fsp3) is 0.235. The van der Waals surface area contributed by atoms with Crippen molar-refractivity contribution in [2.24, 2.45) is 5.73 Å². The minimum atomic E-state index is -2.84. The molecule has 0 aliphatic heterocycles. The van der Waals surface area contributed by atoms with E-state index in [1.165, 1.54) is 29.8 Å². The van der Waals surface area contributed by atoms with Crippen molar-refractivity contribution >= 4 is 39.0 Å². The summed E-state index contributed by atoms with van der Waals surface area (Å²) >= 11 is 1.47. The number of anilines is 2. The van der Waals surface area contributed by atoms with Crippen LogP contribution in [0.1, 0.15) is 23.7 Å². The van der Waals surface area contributed by atoms with Crippen LogP contribution in [-0.2, 0) is 0 Å². The van der Waals surface area contributed by atoms with E-state index in [4.69, 9.17) is 10.5 Å². The first kappa shape index (κ1) is 18.0. The van der Waals surface area contributed by atoms with Crippen LogP contribution in [0, 0.1) is 0 Å². The molecule has 3 rings (SSSR count). The SMILES string of the molecule is CC(F)(F)CCOc1cc(C(N)=O)ccc1Nc1ncnc2ccsc12. The Morgan fingerprint density at radius 1 is 1.35 bits per heavy atom. The zero-order valence-electron chi connectivity index (χ0n) is 13.8.